The van der Waals surface area contributed by atoms with Gasteiger partial charge in [-0.15, -0.1) is 0 Å². The number of hydrogen-bond donors (Lipinski definition) is 1. The Labute approximate surface area is 109 Å². The molecule has 0 spiro atoms. The highest BCUT2D eigenvalue weighted by Gasteiger charge is 2.30. The quantitative estimate of drug-likeness (QED) is 0.759. The normalized spacial score (nSPS) is 23.5. The van der Waals surface area contributed by atoms with E-state index in [1.54, 1.807) is 0 Å². The second-order valence-corrected chi connectivity index (χ2v) is 5.10. The maximum absolute atomic E-state index is 12.3. The van der Waals surface area contributed by atoms with Gasteiger partial charge in [-0.25, -0.2) is 0 Å². The summed E-state index contributed by atoms with van der Waals surface area (Å²) in [5.41, 5.74) is 5.62. The lowest BCUT2D eigenvalue weighted by molar-refractivity contribution is -0.136. The van der Waals surface area contributed by atoms with Crippen molar-refractivity contribution < 1.29 is 4.79 Å². The van der Waals surface area contributed by atoms with Crippen LogP contribution in [0.3, 0.4) is 0 Å². The maximum atomic E-state index is 12.3. The van der Waals surface area contributed by atoms with Crippen molar-refractivity contribution in [1.82, 2.24) is 9.80 Å². The Kier molecular flexibility index (Phi) is 5.33. The number of piperazine rings is 1. The fraction of sp³-hybridized carbons (Fsp3) is 0.833. The molecule has 1 saturated heterocycles. The fourth-order valence-corrected chi connectivity index (χ4v) is 2.65. The van der Waals surface area contributed by atoms with Gasteiger partial charge in [0.1, 0.15) is 0 Å². The van der Waals surface area contributed by atoms with Gasteiger partial charge in [-0.05, 0) is 19.9 Å². The van der Waals surface area contributed by atoms with Gasteiger partial charge < -0.3 is 10.6 Å². The van der Waals surface area contributed by atoms with Crippen LogP contribution in [0.15, 0.2) is 0 Å². The van der Waals surface area contributed by atoms with E-state index in [1.165, 1.54) is 0 Å². The smallest absolute Gasteiger partial charge is 0.232 e. The monoisotopic (exact) mass is 257 g/mol. The number of carbonyl (C=O) groups excluding carboxylic acids is 1. The predicted molar refractivity (Wildman–Crippen MR) is 73.9 cm³/mol. The molecule has 0 saturated carbocycles. The predicted octanol–water partition coefficient (Wildman–Crippen LogP) is 0.851. The Morgan fingerprint density at radius 3 is 2.53 bits per heavy atom. The van der Waals surface area contributed by atoms with Crippen molar-refractivity contribution in [1.29, 1.82) is 0 Å². The molecule has 2 unspecified atom stereocenters. The number of rotatable bonds is 4. The van der Waals surface area contributed by atoms with E-state index in [2.05, 4.69) is 18.7 Å². The molecule has 1 aliphatic rings. The van der Waals surface area contributed by atoms with Crippen LogP contribution < -0.4 is 5.73 Å². The number of thiocarbonyl (C=S) groups is 1. The Bertz CT molecular complexity index is 295. The lowest BCUT2D eigenvalue weighted by Gasteiger charge is -2.40. The number of likely N-dealkylation sites (N-methyl/N-ethyl adjacent to an activating group) is 1. The van der Waals surface area contributed by atoms with Gasteiger partial charge >= 0.3 is 0 Å². The van der Waals surface area contributed by atoms with E-state index in [0.717, 1.165) is 26.2 Å². The molecular formula is C12H23N3OS. The van der Waals surface area contributed by atoms with Crippen molar-refractivity contribution in [2.24, 2.45) is 11.7 Å². The molecule has 0 aromatic heterocycles. The number of hydrogen-bond acceptors (Lipinski definition) is 3. The van der Waals surface area contributed by atoms with Crippen LogP contribution in [0.5, 0.6) is 0 Å². The highest BCUT2D eigenvalue weighted by atomic mass is 32.1. The zero-order valence-corrected chi connectivity index (χ0v) is 11.8. The van der Waals surface area contributed by atoms with Gasteiger partial charge in [-0.3, -0.25) is 9.69 Å². The third-order valence-electron chi connectivity index (χ3n) is 3.53. The second kappa shape index (κ2) is 6.31. The van der Waals surface area contributed by atoms with Gasteiger partial charge in [-0.1, -0.05) is 26.1 Å². The Morgan fingerprint density at radius 2 is 2.12 bits per heavy atom. The van der Waals surface area contributed by atoms with Crippen LogP contribution >= 0.6 is 12.2 Å². The largest absolute Gasteiger partial charge is 0.393 e. The number of carbonyl (C=O) groups is 1. The highest BCUT2D eigenvalue weighted by molar-refractivity contribution is 7.80. The topological polar surface area (TPSA) is 49.6 Å². The molecule has 1 aliphatic heterocycles. The van der Waals surface area contributed by atoms with Crippen molar-refractivity contribution in [3.63, 3.8) is 0 Å². The van der Waals surface area contributed by atoms with E-state index in [0.29, 0.717) is 17.5 Å². The average Bonchev–Trinajstić information content (AvgIpc) is 2.29. The maximum Gasteiger partial charge on any atom is 0.232 e. The molecule has 2 N–H and O–H groups in total. The van der Waals surface area contributed by atoms with E-state index in [9.17, 15) is 4.79 Å². The number of nitrogens with zero attached hydrogens (tertiary/aromatic N) is 2. The summed E-state index contributed by atoms with van der Waals surface area (Å²) >= 11 is 4.96. The van der Waals surface area contributed by atoms with Crippen LogP contribution in [0.4, 0.5) is 0 Å². The lowest BCUT2D eigenvalue weighted by Crippen LogP contribution is -2.55. The Hall–Kier alpha value is -0.680. The molecule has 0 aliphatic carbocycles. The van der Waals surface area contributed by atoms with Crippen LogP contribution in [0, 0.1) is 5.92 Å². The van der Waals surface area contributed by atoms with Crippen LogP contribution in [-0.4, -0.2) is 52.9 Å². The summed E-state index contributed by atoms with van der Waals surface area (Å²) < 4.78 is 0. The summed E-state index contributed by atoms with van der Waals surface area (Å²) in [5.74, 6) is -0.187. The van der Waals surface area contributed by atoms with Crippen molar-refractivity contribution in [2.75, 3.05) is 26.2 Å². The van der Waals surface area contributed by atoms with Crippen molar-refractivity contribution >= 4 is 23.1 Å². The van der Waals surface area contributed by atoms with E-state index < -0.39 is 0 Å². The third kappa shape index (κ3) is 3.39. The Morgan fingerprint density at radius 1 is 1.47 bits per heavy atom. The zero-order chi connectivity index (χ0) is 13.0. The highest BCUT2D eigenvalue weighted by Crippen LogP contribution is 2.14. The summed E-state index contributed by atoms with van der Waals surface area (Å²) in [5, 5.41) is 0. The van der Waals surface area contributed by atoms with Gasteiger partial charge in [0.25, 0.3) is 0 Å². The minimum Gasteiger partial charge on any atom is -0.393 e. The molecular weight excluding hydrogens is 234 g/mol. The van der Waals surface area contributed by atoms with E-state index in [-0.39, 0.29) is 11.8 Å². The van der Waals surface area contributed by atoms with E-state index in [1.807, 2.05) is 11.8 Å². The van der Waals surface area contributed by atoms with E-state index in [4.69, 9.17) is 18.0 Å². The first kappa shape index (κ1) is 14.4. The average molecular weight is 257 g/mol. The molecule has 1 fully saturated rings. The lowest BCUT2D eigenvalue weighted by atomic mass is 10.0. The molecule has 2 atom stereocenters. The zero-order valence-electron chi connectivity index (χ0n) is 11.0. The molecule has 1 rings (SSSR count). The number of nitrogens with two attached hydrogens (primary N) is 1. The summed E-state index contributed by atoms with van der Waals surface area (Å²) in [4.78, 5) is 16.9. The molecule has 0 aromatic carbocycles. The van der Waals surface area contributed by atoms with E-state index >= 15 is 0 Å². The molecule has 0 bridgehead atoms. The third-order valence-corrected chi connectivity index (χ3v) is 3.82. The molecule has 0 aromatic rings. The second-order valence-electron chi connectivity index (χ2n) is 4.63. The minimum absolute atomic E-state index is 0.0996. The van der Waals surface area contributed by atoms with Gasteiger partial charge in [-0.2, -0.15) is 0 Å². The first-order chi connectivity index (χ1) is 8.01. The van der Waals surface area contributed by atoms with Crippen molar-refractivity contribution in [3.8, 4) is 0 Å². The first-order valence-electron chi connectivity index (χ1n) is 6.33. The minimum atomic E-state index is -0.287. The van der Waals surface area contributed by atoms with Gasteiger partial charge in [0, 0.05) is 25.7 Å². The molecule has 17 heavy (non-hydrogen) atoms. The van der Waals surface area contributed by atoms with Crippen LogP contribution in [-0.2, 0) is 4.79 Å². The molecule has 0 radical (unpaired) electrons. The standard InChI is InChI=1S/C12H23N3OS/c1-4-10(11(13)17)12(16)15-7-6-14(5-2)9(3)8-15/h9-10H,4-8H2,1-3H3,(H2,13,17). The van der Waals surface area contributed by atoms with Gasteiger partial charge in [0.05, 0.1) is 10.9 Å². The molecule has 1 heterocycles. The molecule has 4 nitrogen and oxygen atoms in total. The Balaban J connectivity index is 2.63. The number of amides is 1. The van der Waals surface area contributed by atoms with Gasteiger partial charge in [0.2, 0.25) is 5.91 Å². The van der Waals surface area contributed by atoms with Crippen LogP contribution in [0.25, 0.3) is 0 Å². The fourth-order valence-electron chi connectivity index (χ4n) is 2.38. The summed E-state index contributed by atoms with van der Waals surface area (Å²) in [6.07, 6.45) is 0.691. The molecule has 5 heteroatoms. The summed E-state index contributed by atoms with van der Waals surface area (Å²) in [7, 11) is 0. The van der Waals surface area contributed by atoms with Crippen LogP contribution in [0.2, 0.25) is 0 Å². The van der Waals surface area contributed by atoms with Crippen molar-refractivity contribution in [2.45, 2.75) is 33.2 Å². The van der Waals surface area contributed by atoms with Gasteiger partial charge in [0.15, 0.2) is 0 Å². The summed E-state index contributed by atoms with van der Waals surface area (Å²) in [6.45, 7) is 9.81. The first-order valence-corrected chi connectivity index (χ1v) is 6.74. The molecule has 1 amide bonds. The summed E-state index contributed by atoms with van der Waals surface area (Å²) in [6, 6.07) is 0.418. The SMILES string of the molecule is CCC(C(=O)N1CCN(CC)C(C)C1)C(N)=S. The van der Waals surface area contributed by atoms with Crippen molar-refractivity contribution in [3.05, 3.63) is 0 Å². The molecule has 98 valence electrons. The van der Waals surface area contributed by atoms with Crippen LogP contribution in [0.1, 0.15) is 27.2 Å².